The molecule has 1 aliphatic rings. The first-order valence-corrected chi connectivity index (χ1v) is 8.01. The monoisotopic (exact) mass is 325 g/mol. The highest BCUT2D eigenvalue weighted by Crippen LogP contribution is 2.33. The molecule has 0 aromatic heterocycles. The molecule has 4 rings (SSSR count). The van der Waals surface area contributed by atoms with Crippen LogP contribution in [0.25, 0.3) is 12.2 Å². The van der Waals surface area contributed by atoms with Crippen LogP contribution >= 0.6 is 0 Å². The first kappa shape index (κ1) is 15.1. The second kappa shape index (κ2) is 5.87. The minimum Gasteiger partial charge on any atom is -0.398 e. The van der Waals surface area contributed by atoms with Crippen molar-refractivity contribution in [3.8, 4) is 0 Å². The van der Waals surface area contributed by atoms with Gasteiger partial charge in [-0.2, -0.15) is 0 Å². The predicted molar refractivity (Wildman–Crippen MR) is 99.5 cm³/mol. The van der Waals surface area contributed by atoms with E-state index in [2.05, 4.69) is 0 Å². The topological polar surface area (TPSA) is 60.2 Å². The van der Waals surface area contributed by atoms with Crippen LogP contribution in [-0.4, -0.2) is 11.6 Å². The molecular weight excluding hydrogens is 310 g/mol. The summed E-state index contributed by atoms with van der Waals surface area (Å²) in [6.45, 7) is 0. The van der Waals surface area contributed by atoms with Gasteiger partial charge in [-0.1, -0.05) is 72.8 Å². The normalized spacial score (nSPS) is 13.0. The van der Waals surface area contributed by atoms with Crippen LogP contribution in [0.2, 0.25) is 0 Å². The van der Waals surface area contributed by atoms with Crippen molar-refractivity contribution in [3.05, 3.63) is 100 Å². The molecule has 0 fully saturated rings. The molecule has 0 radical (unpaired) electrons. The predicted octanol–water partition coefficient (Wildman–Crippen LogP) is 4.21. The van der Waals surface area contributed by atoms with Gasteiger partial charge in [-0.15, -0.1) is 0 Å². The second-order valence-corrected chi connectivity index (χ2v) is 5.94. The van der Waals surface area contributed by atoms with Crippen LogP contribution in [0.3, 0.4) is 0 Å². The van der Waals surface area contributed by atoms with Crippen molar-refractivity contribution < 1.29 is 9.59 Å². The Hall–Kier alpha value is -3.46. The largest absolute Gasteiger partial charge is 0.398 e. The van der Waals surface area contributed by atoms with E-state index < -0.39 is 0 Å². The van der Waals surface area contributed by atoms with Crippen molar-refractivity contribution in [2.75, 3.05) is 5.73 Å². The third kappa shape index (κ3) is 2.46. The third-order valence-electron chi connectivity index (χ3n) is 4.42. The van der Waals surface area contributed by atoms with Crippen molar-refractivity contribution >= 4 is 29.4 Å². The molecule has 0 amide bonds. The molecule has 1 aliphatic carbocycles. The number of hydrogen-bond acceptors (Lipinski definition) is 3. The van der Waals surface area contributed by atoms with E-state index >= 15 is 0 Å². The smallest absolute Gasteiger partial charge is 0.196 e. The average Bonchev–Trinajstić information content (AvgIpc) is 2.66. The summed E-state index contributed by atoms with van der Waals surface area (Å²) in [5, 5.41) is 0. The lowest BCUT2D eigenvalue weighted by Gasteiger charge is -2.19. The van der Waals surface area contributed by atoms with Gasteiger partial charge in [0.05, 0.1) is 11.3 Å². The van der Waals surface area contributed by atoms with Crippen LogP contribution in [0.15, 0.2) is 66.7 Å². The quantitative estimate of drug-likeness (QED) is 0.443. The number of anilines is 1. The summed E-state index contributed by atoms with van der Waals surface area (Å²) in [5.74, 6) is -0.354. The lowest BCUT2D eigenvalue weighted by molar-refractivity contribution is 0.0979. The number of carbonyl (C=O) groups is 2. The van der Waals surface area contributed by atoms with E-state index in [-0.39, 0.29) is 11.6 Å². The molecule has 0 saturated carbocycles. The fourth-order valence-corrected chi connectivity index (χ4v) is 3.12. The van der Waals surface area contributed by atoms with Crippen molar-refractivity contribution in [3.63, 3.8) is 0 Å². The molecule has 0 aliphatic heterocycles. The summed E-state index contributed by atoms with van der Waals surface area (Å²) in [6.07, 6.45) is 3.80. The summed E-state index contributed by atoms with van der Waals surface area (Å²) in [6, 6.07) is 20.2. The lowest BCUT2D eigenvalue weighted by atomic mass is 9.82. The highest BCUT2D eigenvalue weighted by molar-refractivity contribution is 6.30. The molecule has 3 aromatic carbocycles. The Labute approximate surface area is 145 Å². The van der Waals surface area contributed by atoms with Gasteiger partial charge in [-0.25, -0.2) is 0 Å². The van der Waals surface area contributed by atoms with Gasteiger partial charge in [-0.05, 0) is 17.2 Å². The minimum absolute atomic E-state index is 0.157. The van der Waals surface area contributed by atoms with Gasteiger partial charge < -0.3 is 5.73 Å². The molecule has 0 bridgehead atoms. The Kier molecular flexibility index (Phi) is 3.55. The van der Waals surface area contributed by atoms with E-state index in [1.165, 1.54) is 0 Å². The molecule has 0 saturated heterocycles. The number of fused-ring (bicyclic) bond motifs is 2. The van der Waals surface area contributed by atoms with Gasteiger partial charge in [0, 0.05) is 16.7 Å². The maximum atomic E-state index is 12.8. The van der Waals surface area contributed by atoms with E-state index in [0.717, 1.165) is 11.1 Å². The van der Waals surface area contributed by atoms with Crippen LogP contribution in [0.1, 0.15) is 43.0 Å². The molecule has 25 heavy (non-hydrogen) atoms. The van der Waals surface area contributed by atoms with Crippen LogP contribution in [0.4, 0.5) is 5.69 Å². The number of benzene rings is 3. The molecule has 3 nitrogen and oxygen atoms in total. The summed E-state index contributed by atoms with van der Waals surface area (Å²) in [7, 11) is 0. The Morgan fingerprint density at radius 2 is 1.28 bits per heavy atom. The second-order valence-electron chi connectivity index (χ2n) is 5.94. The lowest BCUT2D eigenvalue weighted by Crippen LogP contribution is -2.22. The number of ketones is 2. The van der Waals surface area contributed by atoms with E-state index in [9.17, 15) is 9.59 Å². The summed E-state index contributed by atoms with van der Waals surface area (Å²) < 4.78 is 0. The SMILES string of the molecule is Nc1c(/C=C\c2ccccc2)ccc2c1C(=O)c1ccccc1C2=O. The number of carbonyl (C=O) groups excluding carboxylic acids is 2. The standard InChI is InChI=1S/C22H15NO2/c23-20-15(11-10-14-6-2-1-3-7-14)12-13-18-19(20)22(25)17-9-5-4-8-16(17)21(18)24/h1-13H,23H2/b11-10-. The van der Waals surface area contributed by atoms with E-state index in [4.69, 9.17) is 5.73 Å². The van der Waals surface area contributed by atoms with Crippen LogP contribution < -0.4 is 5.73 Å². The van der Waals surface area contributed by atoms with Gasteiger partial charge in [0.25, 0.3) is 0 Å². The van der Waals surface area contributed by atoms with E-state index in [0.29, 0.717) is 27.9 Å². The molecular formula is C22H15NO2. The Morgan fingerprint density at radius 3 is 2.00 bits per heavy atom. The molecule has 0 heterocycles. The van der Waals surface area contributed by atoms with E-state index in [1.54, 1.807) is 36.4 Å². The maximum Gasteiger partial charge on any atom is 0.196 e. The fourth-order valence-electron chi connectivity index (χ4n) is 3.12. The van der Waals surface area contributed by atoms with E-state index in [1.807, 2.05) is 42.5 Å². The molecule has 0 atom stereocenters. The Morgan fingerprint density at radius 1 is 0.640 bits per heavy atom. The zero-order chi connectivity index (χ0) is 17.4. The summed E-state index contributed by atoms with van der Waals surface area (Å²) >= 11 is 0. The zero-order valence-electron chi connectivity index (χ0n) is 13.4. The Bertz CT molecular complexity index is 1030. The summed E-state index contributed by atoms with van der Waals surface area (Å²) in [5.41, 5.74) is 9.89. The minimum atomic E-state index is -0.197. The van der Waals surface area contributed by atoms with Crippen molar-refractivity contribution in [2.45, 2.75) is 0 Å². The zero-order valence-corrected chi connectivity index (χ0v) is 13.4. The first-order chi connectivity index (χ1) is 12.2. The van der Waals surface area contributed by atoms with Crippen LogP contribution in [0, 0.1) is 0 Å². The summed E-state index contributed by atoms with van der Waals surface area (Å²) in [4.78, 5) is 25.5. The van der Waals surface area contributed by atoms with Crippen molar-refractivity contribution in [1.29, 1.82) is 0 Å². The number of hydrogen-bond donors (Lipinski definition) is 1. The van der Waals surface area contributed by atoms with Gasteiger partial charge in [-0.3, -0.25) is 9.59 Å². The van der Waals surface area contributed by atoms with Gasteiger partial charge in [0.1, 0.15) is 0 Å². The highest BCUT2D eigenvalue weighted by atomic mass is 16.1. The average molecular weight is 325 g/mol. The molecule has 2 N–H and O–H groups in total. The molecule has 0 unspecified atom stereocenters. The van der Waals surface area contributed by atoms with Gasteiger partial charge in [0.15, 0.2) is 11.6 Å². The number of nitrogens with two attached hydrogens (primary N) is 1. The number of rotatable bonds is 2. The molecule has 0 spiro atoms. The third-order valence-corrected chi connectivity index (χ3v) is 4.42. The first-order valence-electron chi connectivity index (χ1n) is 8.01. The highest BCUT2D eigenvalue weighted by Gasteiger charge is 2.31. The van der Waals surface area contributed by atoms with Crippen molar-refractivity contribution in [1.82, 2.24) is 0 Å². The Balaban J connectivity index is 1.81. The molecule has 120 valence electrons. The fraction of sp³-hybridized carbons (Fsp3) is 0. The molecule has 3 aromatic rings. The van der Waals surface area contributed by atoms with Crippen molar-refractivity contribution in [2.24, 2.45) is 0 Å². The van der Waals surface area contributed by atoms with Gasteiger partial charge in [0.2, 0.25) is 0 Å². The molecule has 3 heteroatoms. The van der Waals surface area contributed by atoms with Gasteiger partial charge >= 0.3 is 0 Å². The van der Waals surface area contributed by atoms with Crippen LogP contribution in [-0.2, 0) is 0 Å². The van der Waals surface area contributed by atoms with Crippen LogP contribution in [0.5, 0.6) is 0 Å². The number of nitrogen functional groups attached to an aromatic ring is 1. The maximum absolute atomic E-state index is 12.8.